The van der Waals surface area contributed by atoms with Gasteiger partial charge >= 0.3 is 0 Å². The Bertz CT molecular complexity index is 930. The smallest absolute Gasteiger partial charge is 0.251 e. The van der Waals surface area contributed by atoms with E-state index in [4.69, 9.17) is 9.47 Å². The fourth-order valence-corrected chi connectivity index (χ4v) is 4.05. The molecule has 2 aromatic carbocycles. The van der Waals surface area contributed by atoms with Crippen molar-refractivity contribution in [2.45, 2.75) is 25.3 Å². The maximum absolute atomic E-state index is 12.7. The average molecular weight is 409 g/mol. The molecule has 0 aromatic heterocycles. The van der Waals surface area contributed by atoms with E-state index in [0.717, 1.165) is 42.9 Å². The van der Waals surface area contributed by atoms with Crippen LogP contribution in [-0.4, -0.2) is 50.1 Å². The molecule has 30 heavy (non-hydrogen) atoms. The largest absolute Gasteiger partial charge is 0.490 e. The Hall–Kier alpha value is -3.06. The first-order valence-corrected chi connectivity index (χ1v) is 10.4. The van der Waals surface area contributed by atoms with Gasteiger partial charge in [-0.3, -0.25) is 14.5 Å². The monoisotopic (exact) mass is 409 g/mol. The van der Waals surface area contributed by atoms with Crippen molar-refractivity contribution in [3.63, 3.8) is 0 Å². The van der Waals surface area contributed by atoms with Gasteiger partial charge in [-0.25, -0.2) is 0 Å². The molecule has 1 saturated heterocycles. The molecule has 158 valence electrons. The predicted octanol–water partition coefficient (Wildman–Crippen LogP) is 2.98. The van der Waals surface area contributed by atoms with Crippen molar-refractivity contribution in [1.82, 2.24) is 10.2 Å². The summed E-state index contributed by atoms with van der Waals surface area (Å²) in [4.78, 5) is 26.7. The van der Waals surface area contributed by atoms with Crippen molar-refractivity contribution in [2.24, 2.45) is 0 Å². The number of carbonyl (C=O) groups excluding carboxylic acids is 2. The number of fused-ring (bicyclic) bond motifs is 1. The SMILES string of the molecule is CNC(=O)c1cccc(NC(=O)CN2CCC[C@@H]2c2ccc3c(c2)OCCCO3)c1. The van der Waals surface area contributed by atoms with Gasteiger partial charge < -0.3 is 20.1 Å². The minimum atomic E-state index is -0.180. The third-order valence-electron chi connectivity index (χ3n) is 5.50. The van der Waals surface area contributed by atoms with Gasteiger partial charge in [0.2, 0.25) is 5.91 Å². The predicted molar refractivity (Wildman–Crippen MR) is 114 cm³/mol. The number of benzene rings is 2. The molecule has 0 radical (unpaired) electrons. The molecular formula is C23H27N3O4. The summed E-state index contributed by atoms with van der Waals surface area (Å²) in [6, 6.07) is 13.2. The van der Waals surface area contributed by atoms with Gasteiger partial charge in [0.1, 0.15) is 0 Å². The Morgan fingerprint density at radius 1 is 1.07 bits per heavy atom. The van der Waals surface area contributed by atoms with Crippen LogP contribution in [0, 0.1) is 0 Å². The first-order chi connectivity index (χ1) is 14.6. The number of carbonyl (C=O) groups is 2. The van der Waals surface area contributed by atoms with Crippen LogP contribution in [0.4, 0.5) is 5.69 Å². The number of anilines is 1. The maximum atomic E-state index is 12.7. The van der Waals surface area contributed by atoms with Crippen LogP contribution in [0.15, 0.2) is 42.5 Å². The molecule has 0 bridgehead atoms. The Balaban J connectivity index is 1.42. The van der Waals surface area contributed by atoms with Crippen molar-refractivity contribution in [2.75, 3.05) is 38.7 Å². The van der Waals surface area contributed by atoms with Crippen LogP contribution in [-0.2, 0) is 4.79 Å². The van der Waals surface area contributed by atoms with Gasteiger partial charge in [0.15, 0.2) is 11.5 Å². The van der Waals surface area contributed by atoms with Gasteiger partial charge in [0.25, 0.3) is 5.91 Å². The van der Waals surface area contributed by atoms with Gasteiger partial charge in [-0.2, -0.15) is 0 Å². The molecule has 7 heteroatoms. The summed E-state index contributed by atoms with van der Waals surface area (Å²) in [6.45, 7) is 2.49. The number of ether oxygens (including phenoxy) is 2. The van der Waals surface area contributed by atoms with E-state index >= 15 is 0 Å². The standard InChI is InChI=1S/C23H27N3O4/c1-24-23(28)17-5-2-6-18(13-17)25-22(27)15-26-10-3-7-19(26)16-8-9-20-21(14-16)30-12-4-11-29-20/h2,5-6,8-9,13-14,19H,3-4,7,10-12,15H2,1H3,(H,24,28)(H,25,27)/t19-/m1/s1. The van der Waals surface area contributed by atoms with E-state index < -0.39 is 0 Å². The van der Waals surface area contributed by atoms with Crippen molar-refractivity contribution >= 4 is 17.5 Å². The second-order valence-electron chi connectivity index (χ2n) is 7.59. The number of hydrogen-bond acceptors (Lipinski definition) is 5. The molecule has 4 rings (SSSR count). The van der Waals surface area contributed by atoms with Crippen LogP contribution in [0.25, 0.3) is 0 Å². The molecule has 7 nitrogen and oxygen atoms in total. The van der Waals surface area contributed by atoms with Crippen LogP contribution in [0.3, 0.4) is 0 Å². The van der Waals surface area contributed by atoms with Gasteiger partial charge in [-0.15, -0.1) is 0 Å². The lowest BCUT2D eigenvalue weighted by Gasteiger charge is -2.25. The number of amides is 2. The quantitative estimate of drug-likeness (QED) is 0.794. The molecule has 1 atom stereocenters. The zero-order valence-corrected chi connectivity index (χ0v) is 17.1. The summed E-state index contributed by atoms with van der Waals surface area (Å²) in [6.07, 6.45) is 2.92. The van der Waals surface area contributed by atoms with Crippen LogP contribution >= 0.6 is 0 Å². The summed E-state index contributed by atoms with van der Waals surface area (Å²) < 4.78 is 11.6. The highest BCUT2D eigenvalue weighted by Gasteiger charge is 2.28. The fourth-order valence-electron chi connectivity index (χ4n) is 4.05. The molecule has 2 amide bonds. The van der Waals surface area contributed by atoms with E-state index in [-0.39, 0.29) is 17.9 Å². The molecule has 2 heterocycles. The van der Waals surface area contributed by atoms with E-state index in [0.29, 0.717) is 31.0 Å². The summed E-state index contributed by atoms with van der Waals surface area (Å²) in [5.74, 6) is 1.30. The molecule has 2 N–H and O–H groups in total. The van der Waals surface area contributed by atoms with Crippen LogP contribution < -0.4 is 20.1 Å². The number of nitrogens with zero attached hydrogens (tertiary/aromatic N) is 1. The van der Waals surface area contributed by atoms with E-state index in [9.17, 15) is 9.59 Å². The normalized spacial score (nSPS) is 18.5. The third-order valence-corrected chi connectivity index (χ3v) is 5.50. The van der Waals surface area contributed by atoms with Crippen molar-refractivity contribution < 1.29 is 19.1 Å². The van der Waals surface area contributed by atoms with Gasteiger partial charge in [0, 0.05) is 30.8 Å². The van der Waals surface area contributed by atoms with Gasteiger partial charge in [-0.1, -0.05) is 12.1 Å². The highest BCUT2D eigenvalue weighted by Crippen LogP contribution is 2.37. The zero-order chi connectivity index (χ0) is 20.9. The fraction of sp³-hybridized carbons (Fsp3) is 0.391. The topological polar surface area (TPSA) is 79.9 Å². The molecular weight excluding hydrogens is 382 g/mol. The van der Waals surface area contributed by atoms with E-state index in [1.54, 1.807) is 31.3 Å². The van der Waals surface area contributed by atoms with Crippen molar-refractivity contribution in [1.29, 1.82) is 0 Å². The summed E-state index contributed by atoms with van der Waals surface area (Å²) in [5, 5.41) is 5.50. The Kier molecular flexibility index (Phi) is 6.18. The van der Waals surface area contributed by atoms with Gasteiger partial charge in [-0.05, 0) is 55.3 Å². The molecule has 0 spiro atoms. The zero-order valence-electron chi connectivity index (χ0n) is 17.1. The van der Waals surface area contributed by atoms with Gasteiger partial charge in [0.05, 0.1) is 19.8 Å². The highest BCUT2D eigenvalue weighted by atomic mass is 16.5. The minimum absolute atomic E-state index is 0.0923. The second kappa shape index (κ2) is 9.17. The Morgan fingerprint density at radius 3 is 2.73 bits per heavy atom. The van der Waals surface area contributed by atoms with Crippen molar-refractivity contribution in [3.8, 4) is 11.5 Å². The summed E-state index contributed by atoms with van der Waals surface area (Å²) in [5.41, 5.74) is 2.28. The third kappa shape index (κ3) is 4.57. The van der Waals surface area contributed by atoms with E-state index in [2.05, 4.69) is 21.6 Å². The van der Waals surface area contributed by atoms with E-state index in [1.165, 1.54) is 0 Å². The first-order valence-electron chi connectivity index (χ1n) is 10.4. The lowest BCUT2D eigenvalue weighted by atomic mass is 10.0. The first kappa shape index (κ1) is 20.2. The molecule has 2 aliphatic heterocycles. The lowest BCUT2D eigenvalue weighted by molar-refractivity contribution is -0.117. The maximum Gasteiger partial charge on any atom is 0.251 e. The highest BCUT2D eigenvalue weighted by molar-refractivity contribution is 5.97. The number of nitrogens with one attached hydrogen (secondary N) is 2. The average Bonchev–Trinajstić information content (AvgIpc) is 3.08. The second-order valence-corrected chi connectivity index (χ2v) is 7.59. The molecule has 2 aromatic rings. The Labute approximate surface area is 176 Å². The number of hydrogen-bond donors (Lipinski definition) is 2. The molecule has 2 aliphatic rings. The molecule has 0 aliphatic carbocycles. The Morgan fingerprint density at radius 2 is 1.90 bits per heavy atom. The number of rotatable bonds is 5. The summed E-state index contributed by atoms with van der Waals surface area (Å²) >= 11 is 0. The number of likely N-dealkylation sites (tertiary alicyclic amines) is 1. The summed E-state index contributed by atoms with van der Waals surface area (Å²) in [7, 11) is 1.58. The molecule has 0 unspecified atom stereocenters. The van der Waals surface area contributed by atoms with Crippen LogP contribution in [0.2, 0.25) is 0 Å². The molecule has 0 saturated carbocycles. The minimum Gasteiger partial charge on any atom is -0.490 e. The molecule has 1 fully saturated rings. The lowest BCUT2D eigenvalue weighted by Crippen LogP contribution is -2.33. The van der Waals surface area contributed by atoms with Crippen LogP contribution in [0.5, 0.6) is 11.5 Å². The van der Waals surface area contributed by atoms with Crippen LogP contribution in [0.1, 0.15) is 41.2 Å². The van der Waals surface area contributed by atoms with Crippen molar-refractivity contribution in [3.05, 3.63) is 53.6 Å². The van der Waals surface area contributed by atoms with E-state index in [1.807, 2.05) is 12.1 Å².